The van der Waals surface area contributed by atoms with Gasteiger partial charge in [0, 0.05) is 19.3 Å². The molecule has 0 spiro atoms. The molecule has 1 fully saturated rings. The lowest BCUT2D eigenvalue weighted by Crippen LogP contribution is -2.30. The molecule has 4 nitrogen and oxygen atoms in total. The smallest absolute Gasteiger partial charge is 0.137 e. The maximum Gasteiger partial charge on any atom is 0.137 e. The third kappa shape index (κ3) is 2.25. The lowest BCUT2D eigenvalue weighted by molar-refractivity contribution is 0.573. The van der Waals surface area contributed by atoms with Crippen LogP contribution in [0.2, 0.25) is 0 Å². The van der Waals surface area contributed by atoms with Crippen molar-refractivity contribution in [1.29, 1.82) is 0 Å². The summed E-state index contributed by atoms with van der Waals surface area (Å²) < 4.78 is 2.12. The van der Waals surface area contributed by atoms with Crippen molar-refractivity contribution in [1.82, 2.24) is 14.4 Å². The highest BCUT2D eigenvalue weighted by Gasteiger charge is 2.15. The lowest BCUT2D eigenvalue weighted by atomic mass is 10.1. The van der Waals surface area contributed by atoms with Crippen LogP contribution in [0.5, 0.6) is 0 Å². The molecular formula is C18H20N4. The van der Waals surface area contributed by atoms with Crippen molar-refractivity contribution in [2.24, 2.45) is 0 Å². The summed E-state index contributed by atoms with van der Waals surface area (Å²) in [4.78, 5) is 12.0. The Morgan fingerprint density at radius 3 is 2.64 bits per heavy atom. The average Bonchev–Trinajstić information content (AvgIpc) is 2.91. The summed E-state index contributed by atoms with van der Waals surface area (Å²) in [5.41, 5.74) is 4.09. The molecule has 4 rings (SSSR count). The van der Waals surface area contributed by atoms with E-state index >= 15 is 0 Å². The van der Waals surface area contributed by atoms with E-state index in [1.165, 1.54) is 19.3 Å². The van der Waals surface area contributed by atoms with E-state index in [9.17, 15) is 0 Å². The largest absolute Gasteiger partial charge is 0.357 e. The zero-order chi connectivity index (χ0) is 14.9. The zero-order valence-corrected chi connectivity index (χ0v) is 12.9. The molecule has 0 aliphatic carbocycles. The summed E-state index contributed by atoms with van der Waals surface area (Å²) in [6, 6.07) is 12.4. The van der Waals surface area contributed by atoms with Gasteiger partial charge in [-0.2, -0.15) is 0 Å². The highest BCUT2D eigenvalue weighted by Crippen LogP contribution is 2.26. The molecule has 3 aromatic heterocycles. The maximum atomic E-state index is 4.91. The van der Waals surface area contributed by atoms with E-state index in [1.807, 2.05) is 18.2 Å². The van der Waals surface area contributed by atoms with Crippen molar-refractivity contribution in [2.75, 3.05) is 18.0 Å². The van der Waals surface area contributed by atoms with Crippen LogP contribution < -0.4 is 4.90 Å². The average molecular weight is 292 g/mol. The van der Waals surface area contributed by atoms with Crippen LogP contribution in [-0.2, 0) is 0 Å². The number of pyridine rings is 2. The molecule has 0 amide bonds. The Morgan fingerprint density at radius 2 is 1.77 bits per heavy atom. The van der Waals surface area contributed by atoms with Crippen LogP contribution in [0.4, 0.5) is 5.82 Å². The fourth-order valence-electron chi connectivity index (χ4n) is 3.28. The molecule has 4 heteroatoms. The Morgan fingerprint density at radius 1 is 0.909 bits per heavy atom. The molecule has 0 bridgehead atoms. The monoisotopic (exact) mass is 292 g/mol. The first-order chi connectivity index (χ1) is 10.8. The van der Waals surface area contributed by atoms with E-state index in [0.29, 0.717) is 0 Å². The normalized spacial score (nSPS) is 15.4. The SMILES string of the molecule is Cc1nc2ccccn2c1-c1cccc(N2CCCCC2)n1. The summed E-state index contributed by atoms with van der Waals surface area (Å²) in [6.07, 6.45) is 5.92. The summed E-state index contributed by atoms with van der Waals surface area (Å²) >= 11 is 0. The van der Waals surface area contributed by atoms with E-state index in [0.717, 1.165) is 41.6 Å². The van der Waals surface area contributed by atoms with Gasteiger partial charge in [0.25, 0.3) is 0 Å². The molecule has 1 aliphatic rings. The minimum absolute atomic E-state index is 0.972. The van der Waals surface area contributed by atoms with Gasteiger partial charge in [-0.15, -0.1) is 0 Å². The minimum Gasteiger partial charge on any atom is -0.357 e. The van der Waals surface area contributed by atoms with E-state index < -0.39 is 0 Å². The Bertz CT molecular complexity index is 800. The number of imidazole rings is 1. The Kier molecular flexibility index (Phi) is 3.29. The summed E-state index contributed by atoms with van der Waals surface area (Å²) in [5.74, 6) is 1.09. The zero-order valence-electron chi connectivity index (χ0n) is 12.9. The van der Waals surface area contributed by atoms with E-state index in [4.69, 9.17) is 4.98 Å². The van der Waals surface area contributed by atoms with Crippen molar-refractivity contribution in [2.45, 2.75) is 26.2 Å². The number of anilines is 1. The van der Waals surface area contributed by atoms with Crippen LogP contribution in [0.15, 0.2) is 42.6 Å². The third-order valence-electron chi connectivity index (χ3n) is 4.36. The quantitative estimate of drug-likeness (QED) is 0.722. The molecule has 112 valence electrons. The Hall–Kier alpha value is -2.36. The van der Waals surface area contributed by atoms with Crippen molar-refractivity contribution >= 4 is 11.5 Å². The highest BCUT2D eigenvalue weighted by atomic mass is 15.2. The van der Waals surface area contributed by atoms with Crippen LogP contribution in [0.3, 0.4) is 0 Å². The standard InChI is InChI=1S/C18H20N4/c1-14-18(22-13-6-3-9-17(22)19-14)15-8-7-10-16(20-15)21-11-4-2-5-12-21/h3,6-10,13H,2,4-5,11-12H2,1H3. The molecule has 0 aromatic carbocycles. The van der Waals surface area contributed by atoms with Gasteiger partial charge in [0.1, 0.15) is 11.5 Å². The Balaban J connectivity index is 1.80. The highest BCUT2D eigenvalue weighted by molar-refractivity contribution is 5.65. The first-order valence-electron chi connectivity index (χ1n) is 7.99. The van der Waals surface area contributed by atoms with E-state index in [-0.39, 0.29) is 0 Å². The molecule has 4 heterocycles. The fraction of sp³-hybridized carbons (Fsp3) is 0.333. The number of nitrogens with zero attached hydrogens (tertiary/aromatic N) is 4. The molecular weight excluding hydrogens is 272 g/mol. The molecule has 1 aliphatic heterocycles. The van der Waals surface area contributed by atoms with Gasteiger partial charge in [-0.1, -0.05) is 12.1 Å². The number of hydrogen-bond acceptors (Lipinski definition) is 3. The summed E-state index contributed by atoms with van der Waals surface area (Å²) in [6.45, 7) is 4.28. The van der Waals surface area contributed by atoms with Gasteiger partial charge < -0.3 is 4.90 Å². The van der Waals surface area contributed by atoms with Gasteiger partial charge in [0.15, 0.2) is 0 Å². The predicted octanol–water partition coefficient (Wildman–Crippen LogP) is 3.70. The Labute approximate surface area is 130 Å². The van der Waals surface area contributed by atoms with Gasteiger partial charge >= 0.3 is 0 Å². The van der Waals surface area contributed by atoms with E-state index in [1.54, 1.807) is 0 Å². The lowest BCUT2D eigenvalue weighted by Gasteiger charge is -2.27. The predicted molar refractivity (Wildman–Crippen MR) is 89.2 cm³/mol. The number of rotatable bonds is 2. The topological polar surface area (TPSA) is 33.4 Å². The van der Waals surface area contributed by atoms with Crippen molar-refractivity contribution < 1.29 is 0 Å². The first kappa shape index (κ1) is 13.3. The van der Waals surface area contributed by atoms with Gasteiger partial charge in [-0.25, -0.2) is 9.97 Å². The van der Waals surface area contributed by atoms with Crippen molar-refractivity contribution in [3.63, 3.8) is 0 Å². The van der Waals surface area contributed by atoms with Gasteiger partial charge in [-0.3, -0.25) is 4.40 Å². The second-order valence-electron chi connectivity index (χ2n) is 5.90. The van der Waals surface area contributed by atoms with E-state index in [2.05, 4.69) is 45.6 Å². The van der Waals surface area contributed by atoms with Crippen molar-refractivity contribution in [3.8, 4) is 11.4 Å². The number of aromatic nitrogens is 3. The molecule has 0 atom stereocenters. The van der Waals surface area contributed by atoms with Crippen molar-refractivity contribution in [3.05, 3.63) is 48.3 Å². The van der Waals surface area contributed by atoms with Crippen LogP contribution in [0.25, 0.3) is 17.0 Å². The third-order valence-corrected chi connectivity index (χ3v) is 4.36. The second-order valence-corrected chi connectivity index (χ2v) is 5.90. The molecule has 3 aromatic rings. The number of aryl methyl sites for hydroxylation is 1. The fourth-order valence-corrected chi connectivity index (χ4v) is 3.28. The molecule has 0 unspecified atom stereocenters. The van der Waals surface area contributed by atoms with Gasteiger partial charge in [-0.05, 0) is 50.5 Å². The molecule has 1 saturated heterocycles. The van der Waals surface area contributed by atoms with Crippen LogP contribution in [0.1, 0.15) is 25.0 Å². The van der Waals surface area contributed by atoms with Gasteiger partial charge in [0.2, 0.25) is 0 Å². The second kappa shape index (κ2) is 5.44. The summed E-state index contributed by atoms with van der Waals surface area (Å²) in [5, 5.41) is 0. The molecule has 0 saturated carbocycles. The van der Waals surface area contributed by atoms with Crippen LogP contribution in [-0.4, -0.2) is 27.5 Å². The van der Waals surface area contributed by atoms with Crippen LogP contribution >= 0.6 is 0 Å². The number of fused-ring (bicyclic) bond motifs is 1. The molecule has 0 radical (unpaired) electrons. The molecule has 0 N–H and O–H groups in total. The summed E-state index contributed by atoms with van der Waals surface area (Å²) in [7, 11) is 0. The molecule has 22 heavy (non-hydrogen) atoms. The van der Waals surface area contributed by atoms with Crippen LogP contribution in [0, 0.1) is 6.92 Å². The number of piperidine rings is 1. The van der Waals surface area contributed by atoms with Gasteiger partial charge in [0.05, 0.1) is 17.1 Å². The first-order valence-corrected chi connectivity index (χ1v) is 7.99. The maximum absolute atomic E-state index is 4.91. The number of hydrogen-bond donors (Lipinski definition) is 0. The minimum atomic E-state index is 0.972.